The highest BCUT2D eigenvalue weighted by Crippen LogP contribution is 2.31. The summed E-state index contributed by atoms with van der Waals surface area (Å²) in [4.78, 5) is 14.0. The fourth-order valence-electron chi connectivity index (χ4n) is 1.87. The Morgan fingerprint density at radius 1 is 1.29 bits per heavy atom. The van der Waals surface area contributed by atoms with Gasteiger partial charge < -0.3 is 0 Å². The fraction of sp³-hybridized carbons (Fsp3) is 0.385. The molecule has 1 amide bonds. The van der Waals surface area contributed by atoms with E-state index in [2.05, 4.69) is 0 Å². The number of carbonyl (C=O) groups excluding carboxylic acids is 1. The lowest BCUT2D eigenvalue weighted by molar-refractivity contribution is 0.0810. The summed E-state index contributed by atoms with van der Waals surface area (Å²) in [6.07, 6.45) is 0. The highest BCUT2D eigenvalue weighted by molar-refractivity contribution is 7.80. The average molecular weight is 268 g/mol. The van der Waals surface area contributed by atoms with Gasteiger partial charge in [-0.1, -0.05) is 30.4 Å². The zero-order valence-electron chi connectivity index (χ0n) is 10.0. The first kappa shape index (κ1) is 12.5. The Morgan fingerprint density at radius 2 is 1.82 bits per heavy atom. The predicted molar refractivity (Wildman–Crippen MR) is 73.7 cm³/mol. The van der Waals surface area contributed by atoms with Gasteiger partial charge in [-0.15, -0.1) is 11.6 Å². The van der Waals surface area contributed by atoms with E-state index >= 15 is 0 Å². The van der Waals surface area contributed by atoms with Gasteiger partial charge in [0.25, 0.3) is 5.91 Å². The van der Waals surface area contributed by atoms with Crippen molar-refractivity contribution < 1.29 is 4.79 Å². The van der Waals surface area contributed by atoms with Crippen molar-refractivity contribution in [1.29, 1.82) is 0 Å². The molecular weight excluding hydrogens is 254 g/mol. The van der Waals surface area contributed by atoms with Gasteiger partial charge in [0.05, 0.1) is 16.5 Å². The molecule has 0 aliphatic carbocycles. The molecule has 0 radical (unpaired) electrons. The second-order valence-electron chi connectivity index (χ2n) is 4.77. The van der Waals surface area contributed by atoms with E-state index in [4.69, 9.17) is 23.8 Å². The molecule has 2 nitrogen and oxygen atoms in total. The number of amides is 1. The lowest BCUT2D eigenvalue weighted by Gasteiger charge is -2.33. The van der Waals surface area contributed by atoms with Crippen molar-refractivity contribution in [2.75, 3.05) is 0 Å². The monoisotopic (exact) mass is 267 g/mol. The van der Waals surface area contributed by atoms with Gasteiger partial charge in [-0.2, -0.15) is 0 Å². The average Bonchev–Trinajstić information content (AvgIpc) is 2.51. The molecule has 1 aliphatic rings. The van der Waals surface area contributed by atoms with Crippen LogP contribution >= 0.6 is 23.8 Å². The predicted octanol–water partition coefficient (Wildman–Crippen LogP) is 3.22. The van der Waals surface area contributed by atoms with Crippen molar-refractivity contribution in [3.63, 3.8) is 0 Å². The Bertz CT molecular complexity index is 457. The van der Waals surface area contributed by atoms with Crippen LogP contribution in [0, 0.1) is 0 Å². The largest absolute Gasteiger partial charge is 0.294 e. The highest BCUT2D eigenvalue weighted by Gasteiger charge is 2.40. The van der Waals surface area contributed by atoms with Gasteiger partial charge >= 0.3 is 0 Å². The van der Waals surface area contributed by atoms with Gasteiger partial charge in [-0.25, -0.2) is 0 Å². The minimum absolute atomic E-state index is 0.0492. The van der Waals surface area contributed by atoms with Crippen LogP contribution in [0.5, 0.6) is 0 Å². The van der Waals surface area contributed by atoms with Crippen LogP contribution in [-0.2, 0) is 0 Å². The molecule has 17 heavy (non-hydrogen) atoms. The number of alkyl halides is 1. The maximum Gasteiger partial charge on any atom is 0.259 e. The number of hydrogen-bond donors (Lipinski definition) is 0. The first-order valence-electron chi connectivity index (χ1n) is 5.50. The Balaban J connectivity index is 2.44. The quantitative estimate of drug-likeness (QED) is 0.606. The molecule has 2 rings (SSSR count). The summed E-state index contributed by atoms with van der Waals surface area (Å²) in [6.45, 7) is 5.69. The second kappa shape index (κ2) is 4.07. The molecule has 1 atom stereocenters. The van der Waals surface area contributed by atoms with Crippen LogP contribution in [0.3, 0.4) is 0 Å². The molecule has 0 aromatic heterocycles. The molecular formula is C13H14ClNOS. The minimum Gasteiger partial charge on any atom is -0.294 e. The lowest BCUT2D eigenvalue weighted by atomic mass is 10.0. The first-order valence-corrected chi connectivity index (χ1v) is 6.28. The van der Waals surface area contributed by atoms with Crippen LogP contribution in [-0.4, -0.2) is 26.7 Å². The number of fused-ring (bicyclic) bond motifs is 1. The molecule has 0 fully saturated rings. The van der Waals surface area contributed by atoms with E-state index < -0.39 is 4.87 Å². The van der Waals surface area contributed by atoms with Crippen molar-refractivity contribution in [3.05, 3.63) is 35.4 Å². The van der Waals surface area contributed by atoms with Crippen LogP contribution in [0.2, 0.25) is 0 Å². The van der Waals surface area contributed by atoms with Crippen LogP contribution in [0.4, 0.5) is 0 Å². The molecule has 4 heteroatoms. The highest BCUT2D eigenvalue weighted by atomic mass is 35.5. The van der Waals surface area contributed by atoms with E-state index in [1.807, 2.05) is 39.0 Å². The van der Waals surface area contributed by atoms with Crippen molar-refractivity contribution in [2.24, 2.45) is 0 Å². The summed E-state index contributed by atoms with van der Waals surface area (Å²) in [6, 6.07) is 7.27. The van der Waals surface area contributed by atoms with Gasteiger partial charge in [0.2, 0.25) is 0 Å². The molecule has 0 N–H and O–H groups in total. The normalized spacial score (nSPS) is 17.3. The maximum atomic E-state index is 12.3. The maximum absolute atomic E-state index is 12.3. The number of benzene rings is 1. The van der Waals surface area contributed by atoms with E-state index in [0.717, 1.165) is 5.56 Å². The summed E-state index contributed by atoms with van der Waals surface area (Å²) >= 11 is 11.6. The third-order valence-corrected chi connectivity index (χ3v) is 3.94. The SMILES string of the molecule is CC(N1C(=O)c2ccccc2C1=S)C(C)(C)Cl. The van der Waals surface area contributed by atoms with E-state index in [-0.39, 0.29) is 11.9 Å². The van der Waals surface area contributed by atoms with Crippen LogP contribution in [0.15, 0.2) is 24.3 Å². The Labute approximate surface area is 112 Å². The lowest BCUT2D eigenvalue weighted by Crippen LogP contribution is -2.47. The summed E-state index contributed by atoms with van der Waals surface area (Å²) in [5, 5.41) is 0. The number of hydrogen-bond acceptors (Lipinski definition) is 2. The van der Waals surface area contributed by atoms with E-state index in [1.54, 1.807) is 11.0 Å². The number of thiocarbonyl (C=S) groups is 1. The third kappa shape index (κ3) is 1.98. The van der Waals surface area contributed by atoms with E-state index in [9.17, 15) is 4.79 Å². The standard InChI is InChI=1S/C13H14ClNOS/c1-8(13(2,3)14)15-11(16)9-6-4-5-7-10(9)12(15)17/h4-8H,1-3H3. The van der Waals surface area contributed by atoms with Gasteiger partial charge in [0.1, 0.15) is 4.99 Å². The molecule has 90 valence electrons. The van der Waals surface area contributed by atoms with Crippen molar-refractivity contribution >= 4 is 34.7 Å². The summed E-state index contributed by atoms with van der Waals surface area (Å²) < 4.78 is 0. The zero-order chi connectivity index (χ0) is 12.8. The van der Waals surface area contributed by atoms with Crippen LogP contribution in [0.1, 0.15) is 36.7 Å². The molecule has 1 heterocycles. The zero-order valence-corrected chi connectivity index (χ0v) is 11.6. The second-order valence-corrected chi connectivity index (χ2v) is 6.13. The summed E-state index contributed by atoms with van der Waals surface area (Å²) in [7, 11) is 0. The molecule has 0 bridgehead atoms. The molecule has 0 saturated carbocycles. The summed E-state index contributed by atoms with van der Waals surface area (Å²) in [5.41, 5.74) is 1.51. The molecule has 0 saturated heterocycles. The molecule has 1 aromatic carbocycles. The number of rotatable bonds is 2. The van der Waals surface area contributed by atoms with Gasteiger partial charge in [-0.3, -0.25) is 9.69 Å². The van der Waals surface area contributed by atoms with Gasteiger partial charge in [0.15, 0.2) is 0 Å². The first-order chi connectivity index (χ1) is 7.84. The van der Waals surface area contributed by atoms with Crippen molar-refractivity contribution in [3.8, 4) is 0 Å². The third-order valence-electron chi connectivity index (χ3n) is 3.21. The number of carbonyl (C=O) groups is 1. The molecule has 1 unspecified atom stereocenters. The van der Waals surface area contributed by atoms with E-state index in [1.165, 1.54) is 0 Å². The molecule has 1 aromatic rings. The van der Waals surface area contributed by atoms with E-state index in [0.29, 0.717) is 10.6 Å². The van der Waals surface area contributed by atoms with Gasteiger partial charge in [0, 0.05) is 5.56 Å². The minimum atomic E-state index is -0.512. The van der Waals surface area contributed by atoms with Crippen LogP contribution in [0.25, 0.3) is 0 Å². The Morgan fingerprint density at radius 3 is 2.29 bits per heavy atom. The molecule has 1 aliphatic heterocycles. The number of halogens is 1. The summed E-state index contributed by atoms with van der Waals surface area (Å²) in [5.74, 6) is -0.0492. The Kier molecular flexibility index (Phi) is 3.00. The van der Waals surface area contributed by atoms with Crippen molar-refractivity contribution in [2.45, 2.75) is 31.7 Å². The Hall–Kier alpha value is -0.930. The van der Waals surface area contributed by atoms with Gasteiger partial charge in [-0.05, 0) is 26.8 Å². The molecule has 0 spiro atoms. The smallest absolute Gasteiger partial charge is 0.259 e. The van der Waals surface area contributed by atoms with Crippen molar-refractivity contribution in [1.82, 2.24) is 4.90 Å². The number of nitrogens with zero attached hydrogens (tertiary/aromatic N) is 1. The fourth-order valence-corrected chi connectivity index (χ4v) is 2.38. The topological polar surface area (TPSA) is 20.3 Å². The van der Waals surface area contributed by atoms with Crippen LogP contribution < -0.4 is 0 Å².